The Kier molecular flexibility index (Phi) is 4.91. The van der Waals surface area contributed by atoms with Crippen molar-refractivity contribution in [3.63, 3.8) is 0 Å². The number of ether oxygens (including phenoxy) is 1. The first-order valence-electron chi connectivity index (χ1n) is 9.07. The maximum absolute atomic E-state index is 13.5. The van der Waals surface area contributed by atoms with E-state index in [1.807, 2.05) is 14.0 Å². The molecule has 2 aromatic heterocycles. The number of halogens is 1. The Morgan fingerprint density at radius 3 is 3.04 bits per heavy atom. The molecule has 1 aliphatic rings. The van der Waals surface area contributed by atoms with Crippen LogP contribution in [0.25, 0.3) is 23.0 Å². The van der Waals surface area contributed by atoms with Crippen LogP contribution in [0.4, 0.5) is 4.39 Å². The molecule has 0 saturated carbocycles. The summed E-state index contributed by atoms with van der Waals surface area (Å²) in [7, 11) is 1.85. The fourth-order valence-corrected chi connectivity index (χ4v) is 3.32. The van der Waals surface area contributed by atoms with Crippen LogP contribution in [0.2, 0.25) is 0 Å². The van der Waals surface area contributed by atoms with Crippen LogP contribution < -0.4 is 0 Å². The van der Waals surface area contributed by atoms with Gasteiger partial charge in [-0.25, -0.2) is 4.39 Å². The van der Waals surface area contributed by atoms with Gasteiger partial charge >= 0.3 is 0 Å². The molecule has 1 aromatic carbocycles. The molecule has 9 heteroatoms. The molecule has 1 amide bonds. The lowest BCUT2D eigenvalue weighted by Gasteiger charge is -2.27. The normalized spacial score (nSPS) is 13.6. The molecule has 146 valence electrons. The van der Waals surface area contributed by atoms with Crippen LogP contribution in [-0.2, 0) is 29.5 Å². The predicted molar refractivity (Wildman–Crippen MR) is 97.5 cm³/mol. The van der Waals surface area contributed by atoms with Gasteiger partial charge in [-0.2, -0.15) is 10.1 Å². The van der Waals surface area contributed by atoms with Gasteiger partial charge in [-0.3, -0.25) is 9.48 Å². The SMILES string of the molecule is CCOCC(=O)N1CCc2c(c(-c3nc(-c4cccc(F)c4)no3)nn2C)C1. The Balaban J connectivity index is 1.63. The molecule has 3 heterocycles. The van der Waals surface area contributed by atoms with E-state index in [1.54, 1.807) is 21.7 Å². The highest BCUT2D eigenvalue weighted by Crippen LogP contribution is 2.30. The number of hydrogen-bond acceptors (Lipinski definition) is 6. The van der Waals surface area contributed by atoms with E-state index in [4.69, 9.17) is 9.26 Å². The van der Waals surface area contributed by atoms with Crippen molar-refractivity contribution in [2.24, 2.45) is 7.05 Å². The van der Waals surface area contributed by atoms with Crippen LogP contribution in [0.3, 0.4) is 0 Å². The third-order valence-corrected chi connectivity index (χ3v) is 4.74. The highest BCUT2D eigenvalue weighted by molar-refractivity contribution is 5.78. The van der Waals surface area contributed by atoms with E-state index in [9.17, 15) is 9.18 Å². The molecule has 0 radical (unpaired) electrons. The van der Waals surface area contributed by atoms with Crippen LogP contribution in [-0.4, -0.2) is 50.5 Å². The molecular weight excluding hydrogens is 365 g/mol. The molecular formula is C19H20FN5O3. The summed E-state index contributed by atoms with van der Waals surface area (Å²) in [6.07, 6.45) is 0.682. The van der Waals surface area contributed by atoms with Gasteiger partial charge < -0.3 is 14.2 Å². The van der Waals surface area contributed by atoms with Crippen LogP contribution >= 0.6 is 0 Å². The van der Waals surface area contributed by atoms with Gasteiger partial charge in [-0.05, 0) is 19.1 Å². The minimum Gasteiger partial charge on any atom is -0.372 e. The topological polar surface area (TPSA) is 86.3 Å². The Morgan fingerprint density at radius 2 is 2.25 bits per heavy atom. The van der Waals surface area contributed by atoms with Gasteiger partial charge in [0, 0.05) is 50.0 Å². The molecule has 0 unspecified atom stereocenters. The molecule has 0 fully saturated rings. The molecule has 28 heavy (non-hydrogen) atoms. The Bertz CT molecular complexity index is 1010. The third kappa shape index (κ3) is 3.40. The van der Waals surface area contributed by atoms with Crippen molar-refractivity contribution in [1.29, 1.82) is 0 Å². The summed E-state index contributed by atoms with van der Waals surface area (Å²) in [6, 6.07) is 6.00. The molecule has 0 saturated heterocycles. The van der Waals surface area contributed by atoms with Crippen molar-refractivity contribution in [3.05, 3.63) is 41.3 Å². The number of aromatic nitrogens is 4. The lowest BCUT2D eigenvalue weighted by Crippen LogP contribution is -2.38. The van der Waals surface area contributed by atoms with Crippen LogP contribution in [0.5, 0.6) is 0 Å². The van der Waals surface area contributed by atoms with Gasteiger partial charge in [0.05, 0.1) is 0 Å². The average Bonchev–Trinajstić information content (AvgIpc) is 3.31. The van der Waals surface area contributed by atoms with Crippen molar-refractivity contribution in [3.8, 4) is 23.0 Å². The zero-order valence-corrected chi connectivity index (χ0v) is 15.7. The summed E-state index contributed by atoms with van der Waals surface area (Å²) >= 11 is 0. The summed E-state index contributed by atoms with van der Waals surface area (Å²) < 4.78 is 25.9. The number of carbonyl (C=O) groups excluding carboxylic acids is 1. The van der Waals surface area contributed by atoms with Crippen LogP contribution in [0.15, 0.2) is 28.8 Å². The minimum atomic E-state index is -0.373. The van der Waals surface area contributed by atoms with Gasteiger partial charge in [0.1, 0.15) is 12.4 Å². The maximum atomic E-state index is 13.5. The van der Waals surface area contributed by atoms with Crippen molar-refractivity contribution in [2.75, 3.05) is 19.8 Å². The molecule has 0 N–H and O–H groups in total. The van der Waals surface area contributed by atoms with E-state index < -0.39 is 0 Å². The van der Waals surface area contributed by atoms with Crippen LogP contribution in [0.1, 0.15) is 18.2 Å². The van der Waals surface area contributed by atoms with Crippen molar-refractivity contribution >= 4 is 5.91 Å². The highest BCUT2D eigenvalue weighted by atomic mass is 19.1. The summed E-state index contributed by atoms with van der Waals surface area (Å²) in [5, 5.41) is 8.47. The van der Waals surface area contributed by atoms with E-state index in [0.29, 0.717) is 37.4 Å². The molecule has 8 nitrogen and oxygen atoms in total. The Hall–Kier alpha value is -3.07. The lowest BCUT2D eigenvalue weighted by atomic mass is 10.0. The molecule has 3 aromatic rings. The number of rotatable bonds is 5. The Morgan fingerprint density at radius 1 is 1.39 bits per heavy atom. The fourth-order valence-electron chi connectivity index (χ4n) is 3.32. The fraction of sp³-hybridized carbons (Fsp3) is 0.368. The first-order valence-corrected chi connectivity index (χ1v) is 9.07. The molecule has 0 bridgehead atoms. The first-order chi connectivity index (χ1) is 13.6. The lowest BCUT2D eigenvalue weighted by molar-refractivity contribution is -0.136. The second kappa shape index (κ2) is 7.51. The number of benzene rings is 1. The summed E-state index contributed by atoms with van der Waals surface area (Å²) in [5.41, 5.74) is 2.98. The largest absolute Gasteiger partial charge is 0.372 e. The molecule has 0 atom stereocenters. The minimum absolute atomic E-state index is 0.0612. The number of amides is 1. The first kappa shape index (κ1) is 18.3. The second-order valence-electron chi connectivity index (χ2n) is 6.53. The maximum Gasteiger partial charge on any atom is 0.279 e. The van der Waals surface area contributed by atoms with E-state index in [1.165, 1.54) is 12.1 Å². The average molecular weight is 385 g/mol. The third-order valence-electron chi connectivity index (χ3n) is 4.74. The van der Waals surface area contributed by atoms with Gasteiger partial charge in [-0.15, -0.1) is 0 Å². The predicted octanol–water partition coefficient (Wildman–Crippen LogP) is 2.20. The number of hydrogen-bond donors (Lipinski definition) is 0. The highest BCUT2D eigenvalue weighted by Gasteiger charge is 2.29. The summed E-state index contributed by atoms with van der Waals surface area (Å²) in [6.45, 7) is 3.42. The van der Waals surface area contributed by atoms with Gasteiger partial charge in [0.15, 0.2) is 5.69 Å². The second-order valence-corrected chi connectivity index (χ2v) is 6.53. The zero-order chi connectivity index (χ0) is 19.7. The monoisotopic (exact) mass is 385 g/mol. The molecule has 0 aliphatic carbocycles. The molecule has 4 rings (SSSR count). The van der Waals surface area contributed by atoms with Crippen molar-refractivity contribution < 1.29 is 18.4 Å². The number of carbonyl (C=O) groups is 1. The van der Waals surface area contributed by atoms with Crippen molar-refractivity contribution in [2.45, 2.75) is 19.9 Å². The number of fused-ring (bicyclic) bond motifs is 1. The van der Waals surface area contributed by atoms with Gasteiger partial charge in [0.2, 0.25) is 11.7 Å². The Labute approximate surface area is 160 Å². The summed E-state index contributed by atoms with van der Waals surface area (Å²) in [5.74, 6) is 0.0972. The van der Waals surface area contributed by atoms with E-state index in [-0.39, 0.29) is 30.0 Å². The quantitative estimate of drug-likeness (QED) is 0.669. The standard InChI is InChI=1S/C19H20FN5O3/c1-3-27-11-16(26)25-8-7-15-14(10-25)17(22-24(15)2)19-21-18(23-28-19)12-5-4-6-13(20)9-12/h4-6,9H,3,7-8,10-11H2,1-2H3. The van der Waals surface area contributed by atoms with E-state index in [0.717, 1.165) is 11.3 Å². The van der Waals surface area contributed by atoms with Gasteiger partial charge in [-0.1, -0.05) is 17.3 Å². The molecule has 0 spiro atoms. The smallest absolute Gasteiger partial charge is 0.279 e. The van der Waals surface area contributed by atoms with Crippen molar-refractivity contribution in [1.82, 2.24) is 24.8 Å². The van der Waals surface area contributed by atoms with Gasteiger partial charge in [0.25, 0.3) is 5.89 Å². The summed E-state index contributed by atoms with van der Waals surface area (Å²) in [4.78, 5) is 18.5. The number of nitrogens with zero attached hydrogens (tertiary/aromatic N) is 5. The van der Waals surface area contributed by atoms with E-state index >= 15 is 0 Å². The van der Waals surface area contributed by atoms with Crippen LogP contribution in [0, 0.1) is 5.82 Å². The molecule has 1 aliphatic heterocycles. The zero-order valence-electron chi connectivity index (χ0n) is 15.7. The number of aryl methyl sites for hydroxylation is 1. The van der Waals surface area contributed by atoms with E-state index in [2.05, 4.69) is 15.2 Å².